The molecule has 0 aromatic heterocycles. The average molecular weight is 289 g/mol. The van der Waals surface area contributed by atoms with E-state index in [0.29, 0.717) is 4.65 Å². The molecule has 0 heterocycles. The van der Waals surface area contributed by atoms with E-state index in [2.05, 4.69) is 21.0 Å². The summed E-state index contributed by atoms with van der Waals surface area (Å²) >= 11 is 0. The Kier molecular flexibility index (Phi) is 16.0. The van der Waals surface area contributed by atoms with Gasteiger partial charge >= 0.3 is 0 Å². The lowest BCUT2D eigenvalue weighted by molar-refractivity contribution is -1.07. The number of nitrogens with zero attached hydrogens (tertiary/aromatic N) is 1. The van der Waals surface area contributed by atoms with Gasteiger partial charge in [-0.15, -0.1) is 0 Å². The van der Waals surface area contributed by atoms with Crippen LogP contribution < -0.4 is 5.11 Å². The molecule has 0 aromatic carbocycles. The van der Waals surface area contributed by atoms with Crippen molar-refractivity contribution in [2.75, 3.05) is 27.7 Å². The molecule has 0 saturated carbocycles. The first-order chi connectivity index (χ1) is 9.39. The fourth-order valence-electron chi connectivity index (χ4n) is 1.72. The van der Waals surface area contributed by atoms with E-state index >= 15 is 0 Å². The highest BCUT2D eigenvalue weighted by Gasteiger charge is 2.12. The maximum atomic E-state index is 9.26. The Morgan fingerprint density at radius 1 is 0.950 bits per heavy atom. The van der Waals surface area contributed by atoms with Gasteiger partial charge in [-0.05, 0) is 19.3 Å². The van der Waals surface area contributed by atoms with Crippen LogP contribution in [-0.2, 0) is 9.63 Å². The molecule has 0 aromatic rings. The van der Waals surface area contributed by atoms with Crippen molar-refractivity contribution in [3.05, 3.63) is 0 Å². The molecule has 4 heteroatoms. The number of carboxylic acids is 1. The van der Waals surface area contributed by atoms with E-state index in [1.807, 2.05) is 0 Å². The van der Waals surface area contributed by atoms with Crippen LogP contribution in [0.2, 0.25) is 0 Å². The fraction of sp³-hybridized carbons (Fsp3) is 0.938. The average Bonchev–Trinajstić information content (AvgIpc) is 2.42. The number of carboxylic acid groups (broad SMARTS) is 1. The third kappa shape index (κ3) is 19.7. The van der Waals surface area contributed by atoms with Gasteiger partial charge in [0.15, 0.2) is 0 Å². The minimum atomic E-state index is -0.995. The summed E-state index contributed by atoms with van der Waals surface area (Å²) in [5.74, 6) is -0.995. The van der Waals surface area contributed by atoms with Gasteiger partial charge in [-0.1, -0.05) is 52.4 Å². The SMILES string of the molecule is CCC(=O)[O-].CCCCCCCCCC[N+](C)(C)OC. The maximum absolute atomic E-state index is 9.26. The largest absolute Gasteiger partial charge is 0.550 e. The van der Waals surface area contributed by atoms with Crippen molar-refractivity contribution in [2.24, 2.45) is 0 Å². The molecule has 122 valence electrons. The van der Waals surface area contributed by atoms with Gasteiger partial charge in [0.05, 0.1) is 21.2 Å². The van der Waals surface area contributed by atoms with Crippen LogP contribution in [0.25, 0.3) is 0 Å². The number of carbonyl (C=O) groups excluding carboxylic acids is 1. The first-order valence-electron chi connectivity index (χ1n) is 7.98. The molecular formula is C16H35NO3. The minimum Gasteiger partial charge on any atom is -0.550 e. The van der Waals surface area contributed by atoms with Crippen molar-refractivity contribution >= 4 is 5.97 Å². The van der Waals surface area contributed by atoms with Gasteiger partial charge in [-0.3, -0.25) is 0 Å². The zero-order valence-corrected chi connectivity index (χ0v) is 14.2. The van der Waals surface area contributed by atoms with E-state index in [9.17, 15) is 9.90 Å². The van der Waals surface area contributed by atoms with Gasteiger partial charge in [-0.2, -0.15) is 4.65 Å². The second-order valence-corrected chi connectivity index (χ2v) is 5.68. The molecule has 0 fully saturated rings. The van der Waals surface area contributed by atoms with Crippen molar-refractivity contribution in [1.82, 2.24) is 0 Å². The minimum absolute atomic E-state index is 0.111. The number of hydrogen-bond donors (Lipinski definition) is 0. The molecule has 0 amide bonds. The highest BCUT2D eigenvalue weighted by molar-refractivity contribution is 5.63. The van der Waals surface area contributed by atoms with Gasteiger partial charge in [0.25, 0.3) is 0 Å². The second kappa shape index (κ2) is 14.8. The molecular weight excluding hydrogens is 254 g/mol. The van der Waals surface area contributed by atoms with Gasteiger partial charge in [0, 0.05) is 5.97 Å². The number of unbranched alkanes of at least 4 members (excludes halogenated alkanes) is 7. The van der Waals surface area contributed by atoms with Crippen molar-refractivity contribution in [2.45, 2.75) is 71.6 Å². The zero-order chi connectivity index (χ0) is 15.9. The van der Waals surface area contributed by atoms with Crippen LogP contribution in [0.3, 0.4) is 0 Å². The molecule has 0 rings (SSSR count). The van der Waals surface area contributed by atoms with Crippen LogP contribution in [0, 0.1) is 0 Å². The predicted molar refractivity (Wildman–Crippen MR) is 81.9 cm³/mol. The maximum Gasteiger partial charge on any atom is 0.108 e. The number of aliphatic carboxylic acids is 1. The fourth-order valence-corrected chi connectivity index (χ4v) is 1.72. The van der Waals surface area contributed by atoms with Crippen LogP contribution in [-0.4, -0.2) is 38.4 Å². The van der Waals surface area contributed by atoms with E-state index in [1.54, 1.807) is 7.11 Å². The summed E-state index contributed by atoms with van der Waals surface area (Å²) in [4.78, 5) is 14.6. The summed E-state index contributed by atoms with van der Waals surface area (Å²) in [6.07, 6.45) is 11.2. The molecule has 4 nitrogen and oxygen atoms in total. The van der Waals surface area contributed by atoms with E-state index < -0.39 is 5.97 Å². The third-order valence-electron chi connectivity index (χ3n) is 3.33. The molecule has 0 aliphatic rings. The topological polar surface area (TPSA) is 49.4 Å². The molecule has 0 aliphatic heterocycles. The highest BCUT2D eigenvalue weighted by Crippen LogP contribution is 2.09. The number of rotatable bonds is 11. The highest BCUT2D eigenvalue weighted by atomic mass is 16.7. The summed E-state index contributed by atoms with van der Waals surface area (Å²) in [6, 6.07) is 0. The Balaban J connectivity index is 0. The van der Waals surface area contributed by atoms with E-state index in [4.69, 9.17) is 4.84 Å². The second-order valence-electron chi connectivity index (χ2n) is 5.68. The van der Waals surface area contributed by atoms with Crippen molar-refractivity contribution in [3.8, 4) is 0 Å². The molecule has 0 spiro atoms. The van der Waals surface area contributed by atoms with E-state index in [0.717, 1.165) is 6.54 Å². The van der Waals surface area contributed by atoms with E-state index in [-0.39, 0.29) is 6.42 Å². The van der Waals surface area contributed by atoms with Crippen LogP contribution >= 0.6 is 0 Å². The first kappa shape index (κ1) is 21.7. The summed E-state index contributed by atoms with van der Waals surface area (Å²) in [7, 11) is 6.01. The molecule has 20 heavy (non-hydrogen) atoms. The third-order valence-corrected chi connectivity index (χ3v) is 3.33. The molecule has 0 aliphatic carbocycles. The number of carbonyl (C=O) groups is 1. The van der Waals surface area contributed by atoms with E-state index in [1.165, 1.54) is 58.3 Å². The Hall–Kier alpha value is -0.610. The number of hydrogen-bond acceptors (Lipinski definition) is 3. The van der Waals surface area contributed by atoms with Gasteiger partial charge in [0.2, 0.25) is 0 Å². The predicted octanol–water partition coefficient (Wildman–Crippen LogP) is 2.91. The van der Waals surface area contributed by atoms with Gasteiger partial charge in [0.1, 0.15) is 6.54 Å². The van der Waals surface area contributed by atoms with Crippen LogP contribution in [0.4, 0.5) is 0 Å². The lowest BCUT2D eigenvalue weighted by atomic mass is 10.1. The van der Waals surface area contributed by atoms with Crippen molar-refractivity contribution in [1.29, 1.82) is 0 Å². The molecule has 0 N–H and O–H groups in total. The van der Waals surface area contributed by atoms with Crippen molar-refractivity contribution < 1.29 is 19.4 Å². The molecule has 0 saturated heterocycles. The molecule has 0 atom stereocenters. The van der Waals surface area contributed by atoms with Gasteiger partial charge < -0.3 is 9.90 Å². The molecule has 0 radical (unpaired) electrons. The lowest BCUT2D eigenvalue weighted by Gasteiger charge is -2.24. The Morgan fingerprint density at radius 2 is 1.35 bits per heavy atom. The molecule has 0 unspecified atom stereocenters. The Morgan fingerprint density at radius 3 is 1.70 bits per heavy atom. The summed E-state index contributed by atoms with van der Waals surface area (Å²) in [6.45, 7) is 4.94. The Labute approximate surface area is 125 Å². The normalized spacial score (nSPS) is 10.8. The standard InChI is InChI=1S/C13H30NO.C3H6O2/c1-5-6-7-8-9-10-11-12-13-14(2,3)15-4;1-2-3(4)5/h5-13H2,1-4H3;2H2,1H3,(H,4,5)/q+1;/p-1. The number of hydroxylamine groups is 3. The van der Waals surface area contributed by atoms with Crippen molar-refractivity contribution in [3.63, 3.8) is 0 Å². The van der Waals surface area contributed by atoms with Crippen LogP contribution in [0.15, 0.2) is 0 Å². The van der Waals surface area contributed by atoms with Crippen LogP contribution in [0.1, 0.15) is 71.6 Å². The monoisotopic (exact) mass is 289 g/mol. The quantitative estimate of drug-likeness (QED) is 0.334. The molecule has 0 bridgehead atoms. The Bertz CT molecular complexity index is 218. The lowest BCUT2D eigenvalue weighted by Crippen LogP contribution is -2.38. The summed E-state index contributed by atoms with van der Waals surface area (Å²) in [5, 5.41) is 9.26. The smallest absolute Gasteiger partial charge is 0.108 e. The first-order valence-corrected chi connectivity index (χ1v) is 7.98. The van der Waals surface area contributed by atoms with Gasteiger partial charge in [-0.25, -0.2) is 4.84 Å². The zero-order valence-electron chi connectivity index (χ0n) is 14.2. The summed E-state index contributed by atoms with van der Waals surface area (Å²) < 4.78 is 0.690. The summed E-state index contributed by atoms with van der Waals surface area (Å²) in [5.41, 5.74) is 0. The number of quaternary nitrogens is 1. The van der Waals surface area contributed by atoms with Crippen LogP contribution in [0.5, 0.6) is 0 Å².